The van der Waals surface area contributed by atoms with Crippen LogP contribution in [0, 0.1) is 10.8 Å². The Balaban J connectivity index is 0.000000582. The standard InChI is InChI=1S/C26H22O.2CHNO/c1-5-13-21(14-6-1)25(22-15-7-2-8-16-22)27-26(23-17-9-3-10-18-23)24-19-11-4-12-20-24;2*2-1-3/h1-20,25-26H;2*2H. The Morgan fingerprint density at radius 2 is 0.636 bits per heavy atom. The normalized spacial score (nSPS) is 9.52. The van der Waals surface area contributed by atoms with E-state index in [4.69, 9.17) is 25.1 Å². The third-order valence-corrected chi connectivity index (χ3v) is 4.68. The van der Waals surface area contributed by atoms with Gasteiger partial charge in [-0.3, -0.25) is 0 Å². The Labute approximate surface area is 193 Å². The molecule has 0 saturated carbocycles. The minimum atomic E-state index is -0.141. The lowest BCUT2D eigenvalue weighted by Gasteiger charge is -2.26. The summed E-state index contributed by atoms with van der Waals surface area (Å²) in [6.07, 6.45) is 1.22. The average Bonchev–Trinajstić information content (AvgIpc) is 2.88. The van der Waals surface area contributed by atoms with Crippen molar-refractivity contribution in [2.24, 2.45) is 0 Å². The van der Waals surface area contributed by atoms with Gasteiger partial charge in [0.25, 0.3) is 0 Å². The number of benzene rings is 4. The smallest absolute Gasteiger partial charge is 0.231 e. The Morgan fingerprint density at radius 3 is 0.818 bits per heavy atom. The van der Waals surface area contributed by atoms with Crippen molar-refractivity contribution in [1.29, 1.82) is 10.8 Å². The molecule has 4 rings (SSSR count). The van der Waals surface area contributed by atoms with Crippen LogP contribution in [0.2, 0.25) is 0 Å². The molecule has 0 saturated heterocycles. The average molecular weight is 437 g/mol. The van der Waals surface area contributed by atoms with Gasteiger partial charge in [0.05, 0.1) is 0 Å². The fourth-order valence-electron chi connectivity index (χ4n) is 3.35. The molecule has 2 N–H and O–H groups in total. The van der Waals surface area contributed by atoms with Crippen molar-refractivity contribution in [1.82, 2.24) is 0 Å². The van der Waals surface area contributed by atoms with Crippen LogP contribution in [0.5, 0.6) is 0 Å². The number of carbonyl (C=O) groups excluding carboxylic acids is 2. The van der Waals surface area contributed by atoms with E-state index >= 15 is 0 Å². The van der Waals surface area contributed by atoms with Crippen LogP contribution in [-0.2, 0) is 14.3 Å². The number of isocyanates is 2. The SMILES string of the molecule is N=C=O.N=C=O.c1ccc(C(OC(c2ccccc2)c2ccccc2)c2ccccc2)cc1. The molecule has 0 heterocycles. The molecule has 0 aliphatic carbocycles. The van der Waals surface area contributed by atoms with Gasteiger partial charge in [-0.2, -0.15) is 0 Å². The van der Waals surface area contributed by atoms with Crippen molar-refractivity contribution in [3.05, 3.63) is 144 Å². The highest BCUT2D eigenvalue weighted by atomic mass is 16.5. The minimum absolute atomic E-state index is 0.141. The van der Waals surface area contributed by atoms with Gasteiger partial charge in [-0.1, -0.05) is 121 Å². The monoisotopic (exact) mass is 436 g/mol. The van der Waals surface area contributed by atoms with Gasteiger partial charge in [-0.15, -0.1) is 0 Å². The molecule has 0 radical (unpaired) electrons. The molecule has 0 fully saturated rings. The minimum Gasteiger partial charge on any atom is -0.356 e. The maximum atomic E-state index is 8.35. The van der Waals surface area contributed by atoms with Crippen molar-refractivity contribution in [2.75, 3.05) is 0 Å². The van der Waals surface area contributed by atoms with Crippen LogP contribution in [0.4, 0.5) is 0 Å². The van der Waals surface area contributed by atoms with Crippen molar-refractivity contribution >= 4 is 12.2 Å². The van der Waals surface area contributed by atoms with Crippen LogP contribution < -0.4 is 0 Å². The van der Waals surface area contributed by atoms with Crippen LogP contribution in [0.15, 0.2) is 121 Å². The first-order valence-corrected chi connectivity index (χ1v) is 10.2. The van der Waals surface area contributed by atoms with Gasteiger partial charge in [-0.25, -0.2) is 20.4 Å². The van der Waals surface area contributed by atoms with Crippen molar-refractivity contribution in [3.8, 4) is 0 Å². The summed E-state index contributed by atoms with van der Waals surface area (Å²) in [7, 11) is 0. The first-order valence-electron chi connectivity index (χ1n) is 10.2. The second kappa shape index (κ2) is 14.6. The summed E-state index contributed by atoms with van der Waals surface area (Å²) >= 11 is 0. The zero-order valence-corrected chi connectivity index (χ0v) is 17.9. The Kier molecular flexibility index (Phi) is 11.0. The summed E-state index contributed by atoms with van der Waals surface area (Å²) in [5.74, 6) is 0. The van der Waals surface area contributed by atoms with Gasteiger partial charge in [0.2, 0.25) is 12.2 Å². The van der Waals surface area contributed by atoms with Crippen LogP contribution >= 0.6 is 0 Å². The molecule has 4 aromatic rings. The summed E-state index contributed by atoms with van der Waals surface area (Å²) in [6.45, 7) is 0. The van der Waals surface area contributed by atoms with E-state index in [1.807, 2.05) is 24.3 Å². The first kappa shape index (κ1) is 24.9. The van der Waals surface area contributed by atoms with Crippen molar-refractivity contribution in [2.45, 2.75) is 12.2 Å². The number of ether oxygens (including phenoxy) is 1. The lowest BCUT2D eigenvalue weighted by molar-refractivity contribution is 0.0308. The fourth-order valence-corrected chi connectivity index (χ4v) is 3.35. The van der Waals surface area contributed by atoms with E-state index in [-0.39, 0.29) is 12.2 Å². The summed E-state index contributed by atoms with van der Waals surface area (Å²) in [4.78, 5) is 16.7. The van der Waals surface area contributed by atoms with Gasteiger partial charge in [0.15, 0.2) is 0 Å². The van der Waals surface area contributed by atoms with Crippen LogP contribution in [-0.4, -0.2) is 12.2 Å². The van der Waals surface area contributed by atoms with Gasteiger partial charge in [0.1, 0.15) is 12.2 Å². The highest BCUT2D eigenvalue weighted by molar-refractivity contribution is 5.34. The Morgan fingerprint density at radius 1 is 0.455 bits per heavy atom. The molecule has 0 bridgehead atoms. The van der Waals surface area contributed by atoms with Crippen LogP contribution in [0.25, 0.3) is 0 Å². The molecule has 33 heavy (non-hydrogen) atoms. The zero-order chi connectivity index (χ0) is 23.7. The number of hydrogen-bond donors (Lipinski definition) is 2. The summed E-state index contributed by atoms with van der Waals surface area (Å²) in [5, 5.41) is 10.8. The highest BCUT2D eigenvalue weighted by Gasteiger charge is 2.22. The van der Waals surface area contributed by atoms with Gasteiger partial charge in [0, 0.05) is 0 Å². The third kappa shape index (κ3) is 7.98. The topological polar surface area (TPSA) is 91.1 Å². The van der Waals surface area contributed by atoms with E-state index in [1.54, 1.807) is 0 Å². The van der Waals surface area contributed by atoms with E-state index in [0.717, 1.165) is 34.4 Å². The third-order valence-electron chi connectivity index (χ3n) is 4.68. The van der Waals surface area contributed by atoms with E-state index in [2.05, 4.69) is 97.1 Å². The molecule has 0 unspecified atom stereocenters. The molecule has 0 aliphatic heterocycles. The lowest BCUT2D eigenvalue weighted by atomic mass is 9.98. The predicted molar refractivity (Wildman–Crippen MR) is 127 cm³/mol. The fraction of sp³-hybridized carbons (Fsp3) is 0.0714. The van der Waals surface area contributed by atoms with Crippen LogP contribution in [0.1, 0.15) is 34.5 Å². The molecule has 4 aromatic carbocycles. The molecular formula is C28H24N2O3. The molecular weight excluding hydrogens is 412 g/mol. The van der Waals surface area contributed by atoms with Crippen molar-refractivity contribution in [3.63, 3.8) is 0 Å². The quantitative estimate of drug-likeness (QED) is 0.271. The summed E-state index contributed by atoms with van der Waals surface area (Å²) in [5.41, 5.74) is 4.61. The molecule has 0 aromatic heterocycles. The molecule has 0 atom stereocenters. The molecule has 0 spiro atoms. The predicted octanol–water partition coefficient (Wildman–Crippen LogP) is 6.38. The van der Waals surface area contributed by atoms with Gasteiger partial charge >= 0.3 is 0 Å². The maximum absolute atomic E-state index is 8.35. The number of hydrogen-bond acceptors (Lipinski definition) is 5. The second-order valence-corrected chi connectivity index (χ2v) is 6.74. The zero-order valence-electron chi connectivity index (χ0n) is 17.9. The molecule has 0 aliphatic rings. The van der Waals surface area contributed by atoms with E-state index < -0.39 is 0 Å². The maximum Gasteiger partial charge on any atom is 0.231 e. The first-order chi connectivity index (χ1) is 16.2. The van der Waals surface area contributed by atoms with E-state index in [9.17, 15) is 0 Å². The van der Waals surface area contributed by atoms with Gasteiger partial charge in [-0.05, 0) is 22.3 Å². The number of nitrogens with one attached hydrogen (secondary N) is 2. The highest BCUT2D eigenvalue weighted by Crippen LogP contribution is 2.35. The molecule has 5 nitrogen and oxygen atoms in total. The van der Waals surface area contributed by atoms with E-state index in [0.29, 0.717) is 0 Å². The lowest BCUT2D eigenvalue weighted by Crippen LogP contribution is -2.13. The molecule has 164 valence electrons. The number of rotatable bonds is 6. The second-order valence-electron chi connectivity index (χ2n) is 6.74. The Hall–Kier alpha value is -4.40. The van der Waals surface area contributed by atoms with Crippen molar-refractivity contribution < 1.29 is 14.3 Å². The Bertz CT molecular complexity index is 951. The van der Waals surface area contributed by atoms with Gasteiger partial charge < -0.3 is 4.74 Å². The summed E-state index contributed by atoms with van der Waals surface area (Å²) < 4.78 is 6.79. The summed E-state index contributed by atoms with van der Waals surface area (Å²) in [6, 6.07) is 41.7. The molecule has 0 amide bonds. The van der Waals surface area contributed by atoms with Crippen LogP contribution in [0.3, 0.4) is 0 Å². The van der Waals surface area contributed by atoms with E-state index in [1.165, 1.54) is 0 Å². The largest absolute Gasteiger partial charge is 0.356 e. The molecule has 5 heteroatoms.